The van der Waals surface area contributed by atoms with Crippen molar-refractivity contribution in [1.82, 2.24) is 19.8 Å². The number of aromatic nitrogens is 2. The summed E-state index contributed by atoms with van der Waals surface area (Å²) >= 11 is 1.48. The number of hydrogen-bond acceptors (Lipinski definition) is 11. The molecule has 5 rings (SSSR count). The zero-order valence-corrected chi connectivity index (χ0v) is 31.0. The zero-order chi connectivity index (χ0) is 36.3. The fourth-order valence-corrected chi connectivity index (χ4v) is 7.29. The maximum Gasteiger partial charge on any atom is 0.418 e. The molecule has 0 spiro atoms. The van der Waals surface area contributed by atoms with E-state index in [0.29, 0.717) is 58.8 Å². The average molecular weight is 711 g/mol. The van der Waals surface area contributed by atoms with E-state index in [9.17, 15) is 14.4 Å². The largest absolute Gasteiger partial charge is 0.491 e. The number of methoxy groups -OCH3 is 1. The number of carbonyl (C=O) groups is 3. The minimum absolute atomic E-state index is 0.0281. The highest BCUT2D eigenvalue weighted by Crippen LogP contribution is 2.37. The van der Waals surface area contributed by atoms with Gasteiger partial charge in [0.1, 0.15) is 42.0 Å². The van der Waals surface area contributed by atoms with E-state index < -0.39 is 35.7 Å². The van der Waals surface area contributed by atoms with Crippen LogP contribution in [0.3, 0.4) is 0 Å². The molecule has 0 bridgehead atoms. The summed E-state index contributed by atoms with van der Waals surface area (Å²) in [5.41, 5.74) is 6.80. The van der Waals surface area contributed by atoms with Gasteiger partial charge in [-0.2, -0.15) is 0 Å². The summed E-state index contributed by atoms with van der Waals surface area (Å²) in [5, 5.41) is 6.73. The molecule has 3 aromatic rings. The lowest BCUT2D eigenvalue weighted by Gasteiger charge is -2.37. The number of pyridine rings is 1. The number of imide groups is 1. The number of nitrogens with two attached hydrogens (primary N) is 1. The van der Waals surface area contributed by atoms with E-state index in [-0.39, 0.29) is 25.1 Å². The molecule has 272 valence electrons. The van der Waals surface area contributed by atoms with E-state index in [2.05, 4.69) is 19.2 Å². The Hall–Kier alpha value is -4.17. The van der Waals surface area contributed by atoms with Crippen LogP contribution in [0.25, 0.3) is 22.3 Å². The van der Waals surface area contributed by atoms with Crippen molar-refractivity contribution in [3.8, 4) is 22.9 Å². The standard InChI is InChI=1S/C36H50N6O7S/c1-20(2)38-33-40-29(19-50-33)28-17-31(26-10-9-23(15-27(26)39-28)47-12-11-46-8)48-25-16-30(32(37)43)41(18-25)34(44)42(36(5,6)7)35(45)49-24-13-21(3)22(4)14-24/h9-10,15,17,19-22,24-25,30H,11-14,16,18H2,1-8H3,(H2,37,43)(H,38,40)/t21-,22+,24?,25-,30+/m1/s1. The van der Waals surface area contributed by atoms with Crippen LogP contribution in [0.5, 0.6) is 11.5 Å². The monoisotopic (exact) mass is 710 g/mol. The van der Waals surface area contributed by atoms with Crippen LogP contribution in [0.4, 0.5) is 14.7 Å². The molecular formula is C36H50N6O7S. The molecule has 3 N–H and O–H groups in total. The van der Waals surface area contributed by atoms with Crippen molar-refractivity contribution in [3.05, 3.63) is 29.6 Å². The van der Waals surface area contributed by atoms with Crippen LogP contribution >= 0.6 is 11.3 Å². The van der Waals surface area contributed by atoms with Crippen LogP contribution in [0, 0.1) is 11.8 Å². The third-order valence-corrected chi connectivity index (χ3v) is 9.94. The Morgan fingerprint density at radius 2 is 1.76 bits per heavy atom. The van der Waals surface area contributed by atoms with E-state index in [1.165, 1.54) is 16.2 Å². The predicted octanol–water partition coefficient (Wildman–Crippen LogP) is 6.30. The zero-order valence-electron chi connectivity index (χ0n) is 30.2. The summed E-state index contributed by atoms with van der Waals surface area (Å²) in [7, 11) is 1.61. The highest BCUT2D eigenvalue weighted by molar-refractivity contribution is 7.14. The highest BCUT2D eigenvalue weighted by atomic mass is 32.1. The Bertz CT molecular complexity index is 1680. The molecule has 2 fully saturated rings. The van der Waals surface area contributed by atoms with Gasteiger partial charge in [0.2, 0.25) is 5.91 Å². The minimum atomic E-state index is -0.992. The Labute approximate surface area is 297 Å². The normalized spacial score (nSPS) is 22.2. The smallest absolute Gasteiger partial charge is 0.418 e. The van der Waals surface area contributed by atoms with Crippen LogP contribution in [-0.2, 0) is 14.3 Å². The number of thiazole rings is 1. The van der Waals surface area contributed by atoms with Crippen molar-refractivity contribution in [2.24, 2.45) is 17.6 Å². The fraction of sp³-hybridized carbons (Fsp3) is 0.583. The molecule has 1 aliphatic heterocycles. The summed E-state index contributed by atoms with van der Waals surface area (Å²) in [4.78, 5) is 52.6. The molecule has 50 heavy (non-hydrogen) atoms. The number of fused-ring (bicyclic) bond motifs is 1. The number of nitrogens with one attached hydrogen (secondary N) is 1. The number of benzene rings is 1. The lowest BCUT2D eigenvalue weighted by Crippen LogP contribution is -2.58. The summed E-state index contributed by atoms with van der Waals surface area (Å²) < 4.78 is 23.4. The van der Waals surface area contributed by atoms with E-state index in [4.69, 9.17) is 34.6 Å². The number of hydrogen-bond donors (Lipinski definition) is 2. The number of rotatable bonds is 11. The molecule has 5 atom stereocenters. The minimum Gasteiger partial charge on any atom is -0.491 e. The molecule has 1 aromatic carbocycles. The third-order valence-electron chi connectivity index (χ3n) is 9.16. The second-order valence-corrected chi connectivity index (χ2v) is 15.5. The number of nitrogens with zero attached hydrogens (tertiary/aromatic N) is 4. The molecule has 1 saturated carbocycles. The molecule has 4 amide bonds. The Morgan fingerprint density at radius 1 is 1.04 bits per heavy atom. The SMILES string of the molecule is COCCOc1ccc2c(O[C@@H]3C[C@@H](C(N)=O)N(C(=O)N(C(=O)OC4C[C@@H](C)[C@@H](C)C4)C(C)(C)C)C3)cc(-c3csc(NC(C)C)n3)nc2c1. The molecular weight excluding hydrogens is 660 g/mol. The first-order valence-electron chi connectivity index (χ1n) is 17.2. The van der Waals surface area contributed by atoms with Crippen LogP contribution in [-0.4, -0.2) is 94.5 Å². The first-order valence-corrected chi connectivity index (χ1v) is 18.1. The number of carbonyl (C=O) groups excluding carboxylic acids is 3. The number of ether oxygens (including phenoxy) is 4. The summed E-state index contributed by atoms with van der Waals surface area (Å²) in [6, 6.07) is 5.90. The Balaban J connectivity index is 1.43. The Kier molecular flexibility index (Phi) is 11.4. The quantitative estimate of drug-likeness (QED) is 0.216. The average Bonchev–Trinajstić information content (AvgIpc) is 3.75. The van der Waals surface area contributed by atoms with Gasteiger partial charge in [0.05, 0.1) is 24.4 Å². The number of anilines is 1. The second kappa shape index (κ2) is 15.4. The van der Waals surface area contributed by atoms with Crippen LogP contribution in [0.15, 0.2) is 29.6 Å². The first-order chi connectivity index (χ1) is 23.6. The topological polar surface area (TPSA) is 158 Å². The third kappa shape index (κ3) is 8.58. The summed E-state index contributed by atoms with van der Waals surface area (Å²) in [6.45, 7) is 14.5. The van der Waals surface area contributed by atoms with Gasteiger partial charge in [-0.25, -0.2) is 24.5 Å². The molecule has 1 unspecified atom stereocenters. The van der Waals surface area contributed by atoms with Gasteiger partial charge in [0, 0.05) is 48.0 Å². The second-order valence-electron chi connectivity index (χ2n) is 14.6. The van der Waals surface area contributed by atoms with Crippen molar-refractivity contribution in [3.63, 3.8) is 0 Å². The number of primary amides is 1. The highest BCUT2D eigenvalue weighted by Gasteiger charge is 2.46. The van der Waals surface area contributed by atoms with Crippen LogP contribution in [0.1, 0.15) is 67.7 Å². The van der Waals surface area contributed by atoms with E-state index in [1.54, 1.807) is 27.9 Å². The fourth-order valence-electron chi connectivity index (χ4n) is 6.43. The van der Waals surface area contributed by atoms with Gasteiger partial charge in [-0.05, 0) is 71.4 Å². The van der Waals surface area contributed by atoms with Gasteiger partial charge in [0.15, 0.2) is 5.13 Å². The number of urea groups is 1. The lowest BCUT2D eigenvalue weighted by atomic mass is 10.0. The van der Waals surface area contributed by atoms with Crippen LogP contribution in [0.2, 0.25) is 0 Å². The van der Waals surface area contributed by atoms with Crippen molar-refractivity contribution in [2.75, 3.05) is 32.2 Å². The maximum atomic E-state index is 14.2. The van der Waals surface area contributed by atoms with Crippen molar-refractivity contribution < 1.29 is 33.3 Å². The first kappa shape index (κ1) is 37.1. The number of amides is 4. The van der Waals surface area contributed by atoms with E-state index >= 15 is 0 Å². The molecule has 0 radical (unpaired) electrons. The molecule has 14 heteroatoms. The molecule has 2 aromatic heterocycles. The van der Waals surface area contributed by atoms with Gasteiger partial charge in [-0.1, -0.05) is 13.8 Å². The molecule has 13 nitrogen and oxygen atoms in total. The van der Waals surface area contributed by atoms with Gasteiger partial charge in [-0.3, -0.25) is 4.79 Å². The Morgan fingerprint density at radius 3 is 2.40 bits per heavy atom. The van der Waals surface area contributed by atoms with Crippen molar-refractivity contribution in [1.29, 1.82) is 0 Å². The number of likely N-dealkylation sites (tertiary alicyclic amines) is 1. The summed E-state index contributed by atoms with van der Waals surface area (Å²) in [5.74, 6) is 1.26. The predicted molar refractivity (Wildman–Crippen MR) is 193 cm³/mol. The molecule has 3 heterocycles. The van der Waals surface area contributed by atoms with Gasteiger partial charge < -0.3 is 34.9 Å². The van der Waals surface area contributed by atoms with Crippen molar-refractivity contribution in [2.45, 2.75) is 97.6 Å². The summed E-state index contributed by atoms with van der Waals surface area (Å²) in [6.07, 6.45) is -0.00679. The maximum absolute atomic E-state index is 14.2. The van der Waals surface area contributed by atoms with E-state index in [0.717, 1.165) is 22.9 Å². The van der Waals surface area contributed by atoms with Crippen LogP contribution < -0.4 is 20.5 Å². The van der Waals surface area contributed by atoms with Gasteiger partial charge in [-0.15, -0.1) is 11.3 Å². The molecule has 1 saturated heterocycles. The van der Waals surface area contributed by atoms with E-state index in [1.807, 2.05) is 43.5 Å². The molecule has 2 aliphatic rings. The van der Waals surface area contributed by atoms with Crippen molar-refractivity contribution >= 4 is 45.4 Å². The van der Waals surface area contributed by atoms with Gasteiger partial charge in [0.25, 0.3) is 0 Å². The van der Waals surface area contributed by atoms with Gasteiger partial charge >= 0.3 is 12.1 Å². The molecule has 1 aliphatic carbocycles. The lowest BCUT2D eigenvalue weighted by molar-refractivity contribution is -0.121.